The summed E-state index contributed by atoms with van der Waals surface area (Å²) < 4.78 is 0. The number of benzene rings is 3. The van der Waals surface area contributed by atoms with Crippen LogP contribution in [0, 0.1) is 27.7 Å². The Morgan fingerprint density at radius 2 is 1.03 bits per heavy atom. The minimum absolute atomic E-state index is 0.0703. The molecule has 0 aromatic heterocycles. The van der Waals surface area contributed by atoms with Crippen LogP contribution in [0.3, 0.4) is 0 Å². The molecule has 0 aliphatic carbocycles. The van der Waals surface area contributed by atoms with Gasteiger partial charge in [0.2, 0.25) is 11.8 Å². The van der Waals surface area contributed by atoms with Crippen molar-refractivity contribution in [3.63, 3.8) is 0 Å². The molecule has 5 nitrogen and oxygen atoms in total. The molecule has 160 valence electrons. The Balaban J connectivity index is 1.77. The van der Waals surface area contributed by atoms with Crippen LogP contribution in [0.15, 0.2) is 66.7 Å². The quantitative estimate of drug-likeness (QED) is 0.571. The Kier molecular flexibility index (Phi) is 7.08. The summed E-state index contributed by atoms with van der Waals surface area (Å²) in [5.74, 6) is -0.343. The number of rotatable bonds is 7. The second kappa shape index (κ2) is 9.94. The van der Waals surface area contributed by atoms with Gasteiger partial charge in [-0.3, -0.25) is 9.59 Å². The maximum atomic E-state index is 12.8. The van der Waals surface area contributed by atoms with Gasteiger partial charge in [0.05, 0.1) is 13.1 Å². The molecular formula is C26H29N3O2. The molecule has 2 amide bonds. The fourth-order valence-corrected chi connectivity index (χ4v) is 3.54. The van der Waals surface area contributed by atoms with E-state index in [0.717, 1.165) is 39.3 Å². The molecule has 2 N–H and O–H groups in total. The van der Waals surface area contributed by atoms with Gasteiger partial charge >= 0.3 is 0 Å². The van der Waals surface area contributed by atoms with Gasteiger partial charge in [-0.1, -0.05) is 53.6 Å². The Bertz CT molecular complexity index is 975. The summed E-state index contributed by atoms with van der Waals surface area (Å²) >= 11 is 0. The Labute approximate surface area is 184 Å². The molecule has 31 heavy (non-hydrogen) atoms. The molecule has 0 radical (unpaired) electrons. The normalized spacial score (nSPS) is 10.5. The number of hydrogen-bond acceptors (Lipinski definition) is 3. The molecule has 0 aliphatic heterocycles. The van der Waals surface area contributed by atoms with E-state index in [-0.39, 0.29) is 24.9 Å². The first-order valence-electron chi connectivity index (χ1n) is 10.4. The van der Waals surface area contributed by atoms with Gasteiger partial charge in [0, 0.05) is 17.1 Å². The van der Waals surface area contributed by atoms with Gasteiger partial charge in [0.1, 0.15) is 0 Å². The van der Waals surface area contributed by atoms with E-state index in [1.165, 1.54) is 0 Å². The van der Waals surface area contributed by atoms with E-state index in [0.29, 0.717) is 0 Å². The Morgan fingerprint density at radius 3 is 1.42 bits per heavy atom. The average molecular weight is 416 g/mol. The first kappa shape index (κ1) is 22.1. The Morgan fingerprint density at radius 1 is 0.645 bits per heavy atom. The SMILES string of the molecule is Cc1ccc(NC(=O)CN(CC(=O)Nc2ccc(C)cc2)c2c(C)cccc2C)cc1. The molecule has 3 rings (SSSR count). The number of nitrogens with one attached hydrogen (secondary N) is 2. The van der Waals surface area contributed by atoms with Crippen molar-refractivity contribution in [1.29, 1.82) is 0 Å². The van der Waals surface area contributed by atoms with Crippen molar-refractivity contribution >= 4 is 28.9 Å². The average Bonchev–Trinajstić information content (AvgIpc) is 2.71. The number of aryl methyl sites for hydroxylation is 4. The van der Waals surface area contributed by atoms with Crippen LogP contribution in [0.5, 0.6) is 0 Å². The van der Waals surface area contributed by atoms with Crippen molar-refractivity contribution < 1.29 is 9.59 Å². The summed E-state index contributed by atoms with van der Waals surface area (Å²) in [5.41, 5.74) is 6.67. The van der Waals surface area contributed by atoms with Crippen LogP contribution >= 0.6 is 0 Å². The second-order valence-corrected chi connectivity index (χ2v) is 7.92. The molecule has 3 aromatic rings. The summed E-state index contributed by atoms with van der Waals surface area (Å²) in [6.07, 6.45) is 0. The number of para-hydroxylation sites is 1. The lowest BCUT2D eigenvalue weighted by Gasteiger charge is -2.27. The van der Waals surface area contributed by atoms with E-state index < -0.39 is 0 Å². The molecule has 0 saturated carbocycles. The zero-order chi connectivity index (χ0) is 22.4. The fourth-order valence-electron chi connectivity index (χ4n) is 3.54. The van der Waals surface area contributed by atoms with Crippen LogP contribution in [-0.2, 0) is 9.59 Å². The highest BCUT2D eigenvalue weighted by Crippen LogP contribution is 2.25. The van der Waals surface area contributed by atoms with E-state index in [1.807, 2.05) is 99.3 Å². The predicted octanol–water partition coefficient (Wildman–Crippen LogP) is 5.00. The molecule has 0 spiro atoms. The van der Waals surface area contributed by atoms with E-state index in [9.17, 15) is 9.59 Å². The van der Waals surface area contributed by atoms with Crippen LogP contribution in [0.2, 0.25) is 0 Å². The van der Waals surface area contributed by atoms with E-state index in [2.05, 4.69) is 10.6 Å². The van der Waals surface area contributed by atoms with E-state index in [4.69, 9.17) is 0 Å². The molecule has 0 bridgehead atoms. The minimum atomic E-state index is -0.172. The van der Waals surface area contributed by atoms with Gasteiger partial charge in [-0.15, -0.1) is 0 Å². The maximum absolute atomic E-state index is 12.8. The molecule has 0 unspecified atom stereocenters. The monoisotopic (exact) mass is 415 g/mol. The number of hydrogen-bond donors (Lipinski definition) is 2. The van der Waals surface area contributed by atoms with Crippen molar-refractivity contribution in [2.75, 3.05) is 28.6 Å². The topological polar surface area (TPSA) is 61.4 Å². The summed E-state index contributed by atoms with van der Waals surface area (Å²) in [5, 5.41) is 5.85. The van der Waals surface area contributed by atoms with Gasteiger partial charge in [-0.2, -0.15) is 0 Å². The standard InChI is InChI=1S/C26H29N3O2/c1-18-8-12-22(13-9-18)27-24(30)16-29(26-20(3)6-5-7-21(26)4)17-25(31)28-23-14-10-19(2)11-15-23/h5-15H,16-17H2,1-4H3,(H,27,30)(H,28,31). The van der Waals surface area contributed by atoms with Gasteiger partial charge in [-0.25, -0.2) is 0 Å². The summed E-state index contributed by atoms with van der Waals surface area (Å²) in [4.78, 5) is 27.4. The van der Waals surface area contributed by atoms with Crippen molar-refractivity contribution in [1.82, 2.24) is 0 Å². The third kappa shape index (κ3) is 6.19. The molecule has 0 aliphatic rings. The lowest BCUT2D eigenvalue weighted by atomic mass is 10.1. The highest BCUT2D eigenvalue weighted by atomic mass is 16.2. The van der Waals surface area contributed by atoms with Crippen LogP contribution in [0.25, 0.3) is 0 Å². The van der Waals surface area contributed by atoms with Gasteiger partial charge in [-0.05, 0) is 63.1 Å². The van der Waals surface area contributed by atoms with Crippen LogP contribution in [0.1, 0.15) is 22.3 Å². The van der Waals surface area contributed by atoms with Crippen molar-refractivity contribution in [3.05, 3.63) is 89.0 Å². The Hall–Kier alpha value is -3.60. The molecule has 0 heterocycles. The number of anilines is 3. The fraction of sp³-hybridized carbons (Fsp3) is 0.231. The number of nitrogens with zero attached hydrogens (tertiary/aromatic N) is 1. The lowest BCUT2D eigenvalue weighted by molar-refractivity contribution is -0.115. The summed E-state index contributed by atoms with van der Waals surface area (Å²) in [7, 11) is 0. The molecule has 0 fully saturated rings. The van der Waals surface area contributed by atoms with Gasteiger partial charge in [0.15, 0.2) is 0 Å². The highest BCUT2D eigenvalue weighted by Gasteiger charge is 2.19. The highest BCUT2D eigenvalue weighted by molar-refractivity contribution is 5.98. The molecule has 0 atom stereocenters. The summed E-state index contributed by atoms with van der Waals surface area (Å²) in [6.45, 7) is 8.12. The largest absolute Gasteiger partial charge is 0.352 e. The van der Waals surface area contributed by atoms with Crippen molar-refractivity contribution in [2.24, 2.45) is 0 Å². The minimum Gasteiger partial charge on any atom is -0.352 e. The summed E-state index contributed by atoms with van der Waals surface area (Å²) in [6, 6.07) is 21.3. The van der Waals surface area contributed by atoms with Crippen LogP contribution in [0.4, 0.5) is 17.1 Å². The number of carbonyl (C=O) groups is 2. The second-order valence-electron chi connectivity index (χ2n) is 7.92. The van der Waals surface area contributed by atoms with Crippen LogP contribution < -0.4 is 15.5 Å². The third-order valence-electron chi connectivity index (χ3n) is 5.10. The first-order chi connectivity index (χ1) is 14.8. The zero-order valence-electron chi connectivity index (χ0n) is 18.5. The van der Waals surface area contributed by atoms with Crippen molar-refractivity contribution in [3.8, 4) is 0 Å². The number of amides is 2. The third-order valence-corrected chi connectivity index (χ3v) is 5.10. The maximum Gasteiger partial charge on any atom is 0.243 e. The van der Waals surface area contributed by atoms with Crippen molar-refractivity contribution in [2.45, 2.75) is 27.7 Å². The lowest BCUT2D eigenvalue weighted by Crippen LogP contribution is -2.39. The molecule has 5 heteroatoms. The van der Waals surface area contributed by atoms with Gasteiger partial charge in [0.25, 0.3) is 0 Å². The zero-order valence-corrected chi connectivity index (χ0v) is 18.5. The smallest absolute Gasteiger partial charge is 0.243 e. The molecule has 0 saturated heterocycles. The molecule has 3 aromatic carbocycles. The van der Waals surface area contributed by atoms with E-state index >= 15 is 0 Å². The predicted molar refractivity (Wildman–Crippen MR) is 128 cm³/mol. The van der Waals surface area contributed by atoms with Gasteiger partial charge < -0.3 is 15.5 Å². The van der Waals surface area contributed by atoms with E-state index in [1.54, 1.807) is 0 Å². The van der Waals surface area contributed by atoms with Crippen LogP contribution in [-0.4, -0.2) is 24.9 Å². The molecular weight excluding hydrogens is 386 g/mol. The first-order valence-corrected chi connectivity index (χ1v) is 10.4. The number of carbonyl (C=O) groups excluding carboxylic acids is 2.